The predicted molar refractivity (Wildman–Crippen MR) is 83.8 cm³/mol. The molecule has 0 bridgehead atoms. The number of thiophene rings is 1. The Morgan fingerprint density at radius 3 is 2.47 bits per heavy atom. The highest BCUT2D eigenvalue weighted by Crippen LogP contribution is 2.31. The van der Waals surface area contributed by atoms with Crippen LogP contribution in [0.1, 0.15) is 10.4 Å². The van der Waals surface area contributed by atoms with Crippen LogP contribution in [0.2, 0.25) is 5.02 Å². The van der Waals surface area contributed by atoms with Gasteiger partial charge in [0.2, 0.25) is 0 Å². The Hall–Kier alpha value is -0.560. The van der Waals surface area contributed by atoms with E-state index in [0.717, 1.165) is 14.2 Å². The molecule has 2 aromatic rings. The van der Waals surface area contributed by atoms with Crippen molar-refractivity contribution in [2.75, 3.05) is 4.72 Å². The van der Waals surface area contributed by atoms with Gasteiger partial charge in [-0.05, 0) is 53.5 Å². The number of sulfonamides is 1. The predicted octanol–water partition coefficient (Wildman–Crippen LogP) is 4.58. The third-order valence-electron chi connectivity index (χ3n) is 2.56. The van der Waals surface area contributed by atoms with E-state index >= 15 is 0 Å². The minimum absolute atomic E-state index is 0.279. The number of benzene rings is 1. The van der Waals surface area contributed by atoms with Crippen molar-refractivity contribution in [2.45, 2.75) is 18.7 Å². The number of halogens is 2. The average Bonchev–Trinajstić information content (AvgIpc) is 2.63. The van der Waals surface area contributed by atoms with Crippen molar-refractivity contribution in [3.8, 4) is 0 Å². The van der Waals surface area contributed by atoms with E-state index in [-0.39, 0.29) is 4.90 Å². The second-order valence-electron chi connectivity index (χ2n) is 4.04. The highest BCUT2D eigenvalue weighted by Gasteiger charge is 2.19. The minimum atomic E-state index is -3.58. The van der Waals surface area contributed by atoms with Crippen LogP contribution in [0.25, 0.3) is 0 Å². The fourth-order valence-electron chi connectivity index (χ4n) is 1.56. The van der Waals surface area contributed by atoms with E-state index in [2.05, 4.69) is 20.7 Å². The van der Waals surface area contributed by atoms with Crippen LogP contribution in [0.3, 0.4) is 0 Å². The number of hydrogen-bond donors (Lipinski definition) is 1. The summed E-state index contributed by atoms with van der Waals surface area (Å²) in [5, 5.41) is 0.531. The summed E-state index contributed by atoms with van der Waals surface area (Å²) in [6.45, 7) is 3.63. The van der Waals surface area contributed by atoms with Gasteiger partial charge < -0.3 is 0 Å². The molecular formula is C12H11BrClNO2S2. The van der Waals surface area contributed by atoms with E-state index in [1.54, 1.807) is 31.2 Å². The summed E-state index contributed by atoms with van der Waals surface area (Å²) < 4.78 is 27.8. The normalized spacial score (nSPS) is 11.6. The van der Waals surface area contributed by atoms with E-state index in [4.69, 9.17) is 11.6 Å². The molecule has 0 aliphatic carbocycles. The largest absolute Gasteiger partial charge is 0.280 e. The highest BCUT2D eigenvalue weighted by molar-refractivity contribution is 9.11. The first-order valence-corrected chi connectivity index (χ1v) is 8.81. The number of anilines is 1. The topological polar surface area (TPSA) is 46.2 Å². The summed E-state index contributed by atoms with van der Waals surface area (Å²) in [5.74, 6) is 0. The van der Waals surface area contributed by atoms with E-state index in [0.29, 0.717) is 10.7 Å². The van der Waals surface area contributed by atoms with Crippen molar-refractivity contribution in [3.63, 3.8) is 0 Å². The maximum atomic E-state index is 12.3. The van der Waals surface area contributed by atoms with Crippen LogP contribution >= 0.6 is 38.9 Å². The summed E-state index contributed by atoms with van der Waals surface area (Å²) in [7, 11) is -3.58. The van der Waals surface area contributed by atoms with Crippen LogP contribution in [-0.4, -0.2) is 8.42 Å². The Labute approximate surface area is 129 Å². The molecule has 7 heteroatoms. The molecular weight excluding hydrogens is 370 g/mol. The van der Waals surface area contributed by atoms with Gasteiger partial charge in [-0.25, -0.2) is 8.42 Å². The molecule has 0 radical (unpaired) electrons. The zero-order valence-corrected chi connectivity index (χ0v) is 14.2. The molecule has 0 saturated carbocycles. The quantitative estimate of drug-likeness (QED) is 0.847. The lowest BCUT2D eigenvalue weighted by molar-refractivity contribution is 0.601. The SMILES string of the molecule is Cc1ccc(NS(=O)(=O)c2cc(Br)sc2C)cc1Cl. The molecule has 102 valence electrons. The van der Waals surface area contributed by atoms with E-state index in [1.807, 2.05) is 6.92 Å². The Balaban J connectivity index is 2.36. The van der Waals surface area contributed by atoms with Gasteiger partial charge in [-0.1, -0.05) is 17.7 Å². The third kappa shape index (κ3) is 3.31. The van der Waals surface area contributed by atoms with Crippen molar-refractivity contribution in [1.29, 1.82) is 0 Å². The molecule has 1 heterocycles. The van der Waals surface area contributed by atoms with Crippen molar-refractivity contribution in [1.82, 2.24) is 0 Å². The second kappa shape index (κ2) is 5.44. The highest BCUT2D eigenvalue weighted by atomic mass is 79.9. The number of aryl methyl sites for hydroxylation is 2. The van der Waals surface area contributed by atoms with Crippen molar-refractivity contribution in [2.24, 2.45) is 0 Å². The molecule has 0 unspecified atom stereocenters. The van der Waals surface area contributed by atoms with Gasteiger partial charge in [-0.15, -0.1) is 11.3 Å². The lowest BCUT2D eigenvalue weighted by Gasteiger charge is -2.08. The Kier molecular flexibility index (Phi) is 4.25. The fraction of sp³-hybridized carbons (Fsp3) is 0.167. The summed E-state index contributed by atoms with van der Waals surface area (Å²) >= 11 is 10.7. The van der Waals surface area contributed by atoms with Gasteiger partial charge in [0.15, 0.2) is 0 Å². The van der Waals surface area contributed by atoms with Gasteiger partial charge in [0, 0.05) is 9.90 Å². The number of nitrogens with one attached hydrogen (secondary N) is 1. The van der Waals surface area contributed by atoms with Gasteiger partial charge in [0.1, 0.15) is 4.90 Å². The molecule has 0 amide bonds. The summed E-state index contributed by atoms with van der Waals surface area (Å²) in [6.07, 6.45) is 0. The van der Waals surface area contributed by atoms with Gasteiger partial charge in [0.25, 0.3) is 10.0 Å². The third-order valence-corrected chi connectivity index (χ3v) is 6.15. The molecule has 0 atom stereocenters. The molecule has 1 aromatic heterocycles. The number of rotatable bonds is 3. The van der Waals surface area contributed by atoms with E-state index in [9.17, 15) is 8.42 Å². The van der Waals surface area contributed by atoms with Crippen LogP contribution in [0.15, 0.2) is 32.9 Å². The zero-order chi connectivity index (χ0) is 14.2. The number of hydrogen-bond acceptors (Lipinski definition) is 3. The summed E-state index contributed by atoms with van der Waals surface area (Å²) in [4.78, 5) is 1.01. The van der Waals surface area contributed by atoms with E-state index in [1.165, 1.54) is 11.3 Å². The van der Waals surface area contributed by atoms with Crippen LogP contribution in [0, 0.1) is 13.8 Å². The molecule has 1 aromatic carbocycles. The first kappa shape index (κ1) is 14.8. The molecule has 0 aliphatic heterocycles. The van der Waals surface area contributed by atoms with E-state index < -0.39 is 10.0 Å². The van der Waals surface area contributed by atoms with Crippen LogP contribution in [0.5, 0.6) is 0 Å². The van der Waals surface area contributed by atoms with Crippen LogP contribution in [0.4, 0.5) is 5.69 Å². The molecule has 0 spiro atoms. The summed E-state index contributed by atoms with van der Waals surface area (Å²) in [5.41, 5.74) is 1.36. The molecule has 19 heavy (non-hydrogen) atoms. The fourth-order valence-corrected chi connectivity index (χ4v) is 5.21. The van der Waals surface area contributed by atoms with Gasteiger partial charge >= 0.3 is 0 Å². The standard InChI is InChI=1S/C12H11BrClNO2S2/c1-7-3-4-9(5-10(7)14)15-19(16,17)11-6-12(13)18-8(11)2/h3-6,15H,1-2H3. The lowest BCUT2D eigenvalue weighted by atomic mass is 10.2. The Morgan fingerprint density at radius 2 is 1.95 bits per heavy atom. The first-order chi connectivity index (χ1) is 8.79. The zero-order valence-electron chi connectivity index (χ0n) is 10.2. The van der Waals surface area contributed by atoms with Gasteiger partial charge in [-0.3, -0.25) is 4.72 Å². The molecule has 0 fully saturated rings. The molecule has 3 nitrogen and oxygen atoms in total. The monoisotopic (exact) mass is 379 g/mol. The molecule has 0 aliphatic rings. The van der Waals surface area contributed by atoms with Gasteiger partial charge in [0.05, 0.1) is 9.47 Å². The maximum Gasteiger partial charge on any atom is 0.263 e. The van der Waals surface area contributed by atoms with Crippen molar-refractivity contribution < 1.29 is 8.42 Å². The van der Waals surface area contributed by atoms with Crippen molar-refractivity contribution in [3.05, 3.63) is 43.5 Å². The first-order valence-electron chi connectivity index (χ1n) is 5.34. The van der Waals surface area contributed by atoms with Gasteiger partial charge in [-0.2, -0.15) is 0 Å². The smallest absolute Gasteiger partial charge is 0.263 e. The van der Waals surface area contributed by atoms with Crippen molar-refractivity contribution >= 4 is 54.6 Å². The minimum Gasteiger partial charge on any atom is -0.280 e. The van der Waals surface area contributed by atoms with Crippen LogP contribution < -0.4 is 4.72 Å². The summed E-state index contributed by atoms with van der Waals surface area (Å²) in [6, 6.07) is 6.66. The van der Waals surface area contributed by atoms with Crippen LogP contribution in [-0.2, 0) is 10.0 Å². The Morgan fingerprint density at radius 1 is 1.26 bits per heavy atom. The average molecular weight is 381 g/mol. The molecule has 0 saturated heterocycles. The lowest BCUT2D eigenvalue weighted by Crippen LogP contribution is -2.13. The maximum absolute atomic E-state index is 12.3. The Bertz CT molecular complexity index is 725. The second-order valence-corrected chi connectivity index (χ2v) is 8.73. The molecule has 1 N–H and O–H groups in total. The molecule has 2 rings (SSSR count).